The summed E-state index contributed by atoms with van der Waals surface area (Å²) in [7, 11) is -2.52. The summed E-state index contributed by atoms with van der Waals surface area (Å²) >= 11 is 5.89. The van der Waals surface area contributed by atoms with Crippen molar-refractivity contribution in [2.45, 2.75) is 31.4 Å². The van der Waals surface area contributed by atoms with E-state index in [0.717, 1.165) is 6.07 Å². The Morgan fingerprint density at radius 3 is 2.67 bits per heavy atom. The molecule has 1 aromatic carbocycles. The zero-order valence-corrected chi connectivity index (χ0v) is 13.8. The van der Waals surface area contributed by atoms with Crippen LogP contribution >= 0.6 is 11.6 Å². The molecule has 120 valence electrons. The average molecular weight is 339 g/mol. The van der Waals surface area contributed by atoms with E-state index < -0.39 is 20.7 Å². The Morgan fingerprint density at radius 2 is 2.10 bits per heavy atom. The van der Waals surface area contributed by atoms with Crippen LogP contribution in [0.15, 0.2) is 17.0 Å². The summed E-state index contributed by atoms with van der Waals surface area (Å²) in [5.41, 5.74) is 0.213. The quantitative estimate of drug-likeness (QED) is 0.759. The van der Waals surface area contributed by atoms with Crippen molar-refractivity contribution in [1.82, 2.24) is 10.0 Å². The highest BCUT2D eigenvalue weighted by molar-refractivity contribution is 7.89. The number of ether oxygens (including phenoxy) is 1. The zero-order valence-electron chi connectivity index (χ0n) is 12.2. The number of benzene rings is 1. The molecule has 0 heterocycles. The fraction of sp³-hybridized carbons (Fsp3) is 0.538. The Labute approximate surface area is 129 Å². The fourth-order valence-corrected chi connectivity index (χ4v) is 3.15. The standard InChI is InChI=1S/C13H20ClFN2O3S/c1-4-16-8-10-5-11(14)6-12(13(10)15)21(18,19)17-7-9(2)20-3/h5-6,9,16-17H,4,7-8H2,1-3H3. The van der Waals surface area contributed by atoms with E-state index in [1.165, 1.54) is 13.2 Å². The Balaban J connectivity index is 3.08. The monoisotopic (exact) mass is 338 g/mol. The molecule has 0 saturated carbocycles. The molecule has 0 aliphatic rings. The van der Waals surface area contributed by atoms with Gasteiger partial charge in [0.05, 0.1) is 6.10 Å². The van der Waals surface area contributed by atoms with Gasteiger partial charge < -0.3 is 10.1 Å². The Morgan fingerprint density at radius 1 is 1.43 bits per heavy atom. The molecule has 0 aliphatic heterocycles. The fourth-order valence-electron chi connectivity index (χ4n) is 1.59. The summed E-state index contributed by atoms with van der Waals surface area (Å²) in [6.45, 7) is 4.46. The Kier molecular flexibility index (Phi) is 7.02. The van der Waals surface area contributed by atoms with E-state index in [-0.39, 0.29) is 29.8 Å². The van der Waals surface area contributed by atoms with Gasteiger partial charge in [0.15, 0.2) is 0 Å². The minimum atomic E-state index is -3.98. The molecular weight excluding hydrogens is 319 g/mol. The second-order valence-electron chi connectivity index (χ2n) is 4.56. The molecule has 2 N–H and O–H groups in total. The molecule has 21 heavy (non-hydrogen) atoms. The maximum atomic E-state index is 14.3. The Hall–Kier alpha value is -0.730. The van der Waals surface area contributed by atoms with Crippen LogP contribution in [0.1, 0.15) is 19.4 Å². The minimum Gasteiger partial charge on any atom is -0.380 e. The van der Waals surface area contributed by atoms with Gasteiger partial charge in [-0.05, 0) is 25.6 Å². The largest absolute Gasteiger partial charge is 0.380 e. The lowest BCUT2D eigenvalue weighted by Crippen LogP contribution is -2.32. The van der Waals surface area contributed by atoms with Gasteiger partial charge >= 0.3 is 0 Å². The van der Waals surface area contributed by atoms with Crippen molar-refractivity contribution in [3.63, 3.8) is 0 Å². The van der Waals surface area contributed by atoms with Gasteiger partial charge in [0.1, 0.15) is 10.7 Å². The molecule has 0 aromatic heterocycles. The van der Waals surface area contributed by atoms with E-state index in [9.17, 15) is 12.8 Å². The van der Waals surface area contributed by atoms with Gasteiger partial charge in [0.25, 0.3) is 0 Å². The third-order valence-corrected chi connectivity index (χ3v) is 4.54. The van der Waals surface area contributed by atoms with Crippen LogP contribution in [0.5, 0.6) is 0 Å². The SMILES string of the molecule is CCNCc1cc(Cl)cc(S(=O)(=O)NCC(C)OC)c1F. The van der Waals surface area contributed by atoms with Gasteiger partial charge in [0, 0.05) is 30.8 Å². The van der Waals surface area contributed by atoms with Crippen LogP contribution in [0.4, 0.5) is 4.39 Å². The second-order valence-corrected chi connectivity index (χ2v) is 6.73. The van der Waals surface area contributed by atoms with Gasteiger partial charge in [-0.15, -0.1) is 0 Å². The van der Waals surface area contributed by atoms with E-state index in [1.54, 1.807) is 6.92 Å². The molecule has 0 aliphatic carbocycles. The van der Waals surface area contributed by atoms with Gasteiger partial charge in [-0.3, -0.25) is 0 Å². The van der Waals surface area contributed by atoms with E-state index >= 15 is 0 Å². The molecule has 5 nitrogen and oxygen atoms in total. The molecule has 1 aromatic rings. The first-order chi connectivity index (χ1) is 9.81. The molecule has 0 fully saturated rings. The van der Waals surface area contributed by atoms with Crippen molar-refractivity contribution in [2.75, 3.05) is 20.2 Å². The molecule has 1 unspecified atom stereocenters. The molecular formula is C13H20ClFN2O3S. The normalized spacial score (nSPS) is 13.4. The smallest absolute Gasteiger partial charge is 0.243 e. The van der Waals surface area contributed by atoms with Crippen molar-refractivity contribution in [3.05, 3.63) is 28.5 Å². The Bertz CT molecular complexity index is 581. The lowest BCUT2D eigenvalue weighted by molar-refractivity contribution is 0.122. The lowest BCUT2D eigenvalue weighted by atomic mass is 10.2. The van der Waals surface area contributed by atoms with Crippen LogP contribution in [0, 0.1) is 5.82 Å². The number of sulfonamides is 1. The second kappa shape index (κ2) is 8.05. The van der Waals surface area contributed by atoms with Crippen LogP contribution < -0.4 is 10.0 Å². The van der Waals surface area contributed by atoms with Crippen molar-refractivity contribution in [2.24, 2.45) is 0 Å². The first-order valence-corrected chi connectivity index (χ1v) is 8.39. The van der Waals surface area contributed by atoms with Crippen LogP contribution in [-0.2, 0) is 21.3 Å². The first kappa shape index (κ1) is 18.3. The average Bonchev–Trinajstić information content (AvgIpc) is 2.45. The summed E-state index contributed by atoms with van der Waals surface area (Å²) < 4.78 is 45.9. The predicted molar refractivity (Wildman–Crippen MR) is 80.5 cm³/mol. The number of halogens is 2. The van der Waals surface area contributed by atoms with E-state index in [4.69, 9.17) is 16.3 Å². The van der Waals surface area contributed by atoms with Gasteiger partial charge in [-0.25, -0.2) is 17.5 Å². The van der Waals surface area contributed by atoms with Crippen molar-refractivity contribution in [3.8, 4) is 0 Å². The number of nitrogens with one attached hydrogen (secondary N) is 2. The van der Waals surface area contributed by atoms with E-state index in [0.29, 0.717) is 6.54 Å². The van der Waals surface area contributed by atoms with Gasteiger partial charge in [0.2, 0.25) is 10.0 Å². The number of hydrogen-bond donors (Lipinski definition) is 2. The van der Waals surface area contributed by atoms with Crippen molar-refractivity contribution >= 4 is 21.6 Å². The van der Waals surface area contributed by atoms with Crippen molar-refractivity contribution in [1.29, 1.82) is 0 Å². The third kappa shape index (κ3) is 5.19. The van der Waals surface area contributed by atoms with Crippen LogP contribution in [0.2, 0.25) is 5.02 Å². The molecule has 0 bridgehead atoms. The molecule has 8 heteroatoms. The highest BCUT2D eigenvalue weighted by atomic mass is 35.5. The van der Waals surface area contributed by atoms with Crippen molar-refractivity contribution < 1.29 is 17.5 Å². The number of rotatable bonds is 8. The third-order valence-electron chi connectivity index (χ3n) is 2.90. The van der Waals surface area contributed by atoms with Crippen LogP contribution in [0.25, 0.3) is 0 Å². The molecule has 0 radical (unpaired) electrons. The molecule has 1 rings (SSSR count). The van der Waals surface area contributed by atoms with E-state index in [2.05, 4.69) is 10.0 Å². The van der Waals surface area contributed by atoms with Gasteiger partial charge in [-0.2, -0.15) is 0 Å². The lowest BCUT2D eigenvalue weighted by Gasteiger charge is -2.14. The number of methoxy groups -OCH3 is 1. The summed E-state index contributed by atoms with van der Waals surface area (Å²) in [4.78, 5) is -0.453. The number of hydrogen-bond acceptors (Lipinski definition) is 4. The topological polar surface area (TPSA) is 67.4 Å². The van der Waals surface area contributed by atoms with Crippen LogP contribution in [0.3, 0.4) is 0 Å². The molecule has 1 atom stereocenters. The first-order valence-electron chi connectivity index (χ1n) is 6.53. The maximum absolute atomic E-state index is 14.3. The molecule has 0 spiro atoms. The summed E-state index contributed by atoms with van der Waals surface area (Å²) in [6, 6.07) is 2.52. The van der Waals surface area contributed by atoms with Crippen LogP contribution in [-0.4, -0.2) is 34.7 Å². The zero-order chi connectivity index (χ0) is 16.0. The van der Waals surface area contributed by atoms with E-state index in [1.807, 2.05) is 6.92 Å². The predicted octanol–water partition coefficient (Wildman–Crippen LogP) is 1.90. The summed E-state index contributed by atoms with van der Waals surface area (Å²) in [5, 5.41) is 3.11. The summed E-state index contributed by atoms with van der Waals surface area (Å²) in [5.74, 6) is -0.794. The maximum Gasteiger partial charge on any atom is 0.243 e. The van der Waals surface area contributed by atoms with Gasteiger partial charge in [-0.1, -0.05) is 18.5 Å². The molecule has 0 amide bonds. The summed E-state index contributed by atoms with van der Waals surface area (Å²) in [6.07, 6.45) is -0.316. The highest BCUT2D eigenvalue weighted by Gasteiger charge is 2.22. The highest BCUT2D eigenvalue weighted by Crippen LogP contribution is 2.23. The molecule has 0 saturated heterocycles. The minimum absolute atomic E-state index is 0.0489.